The lowest BCUT2D eigenvalue weighted by atomic mass is 9.98. The zero-order chi connectivity index (χ0) is 36.1. The largest absolute Gasteiger partial charge is 0.507 e. The molecular weight excluding hydrogens is 652 g/mol. The molecule has 4 aliphatic heterocycles. The Morgan fingerprint density at radius 2 is 1.59 bits per heavy atom. The molecule has 0 aliphatic carbocycles. The number of piperazine rings is 1. The minimum atomic E-state index is -1.02. The molecule has 6 rings (SSSR count). The van der Waals surface area contributed by atoms with Gasteiger partial charge < -0.3 is 35.0 Å². The fourth-order valence-corrected chi connectivity index (χ4v) is 8.15. The van der Waals surface area contributed by atoms with E-state index in [0.717, 1.165) is 54.7 Å². The van der Waals surface area contributed by atoms with Crippen LogP contribution in [-0.4, -0.2) is 142 Å². The maximum absolute atomic E-state index is 14.1. The number of benzene rings is 2. The average molecular weight is 705 g/mol. The van der Waals surface area contributed by atoms with E-state index in [2.05, 4.69) is 10.2 Å². The molecule has 3 fully saturated rings. The highest BCUT2D eigenvalue weighted by Gasteiger charge is 2.36. The van der Waals surface area contributed by atoms with Crippen LogP contribution in [0.3, 0.4) is 0 Å². The molecule has 3 saturated heterocycles. The first-order valence-electron chi connectivity index (χ1n) is 18.5. The standard InChI is InChI=1S/C38H52N6O7/c1-3-28-23-27(22-26(2)35(28)47)24-33(36(48)42-20-18-41(19-21-42)30-9-13-40(14-10-30)25-34(45)46)51-38(50)43-15-11-31(12-16-43)44-17-8-29-6-4-5-7-32(29)39-37(44)49/h4-7,22-23,30-31,33,47H,3,8-21,24-25H2,1-2H3,(H,39,49)(H,45,46)/t33-/m1/s1. The van der Waals surface area contributed by atoms with E-state index in [4.69, 9.17) is 9.84 Å². The van der Waals surface area contributed by atoms with Gasteiger partial charge in [-0.3, -0.25) is 19.4 Å². The van der Waals surface area contributed by atoms with Gasteiger partial charge in [0.25, 0.3) is 5.91 Å². The first-order valence-corrected chi connectivity index (χ1v) is 18.5. The van der Waals surface area contributed by atoms with Crippen LogP contribution in [0.15, 0.2) is 36.4 Å². The Hall–Kier alpha value is -4.36. The molecule has 3 N–H and O–H groups in total. The lowest BCUT2D eigenvalue weighted by Crippen LogP contribution is -2.56. The number of carbonyl (C=O) groups excluding carboxylic acids is 3. The molecule has 4 heterocycles. The van der Waals surface area contributed by atoms with Crippen LogP contribution < -0.4 is 5.32 Å². The maximum atomic E-state index is 14.1. The summed E-state index contributed by atoms with van der Waals surface area (Å²) in [7, 11) is 0. The van der Waals surface area contributed by atoms with Crippen LogP contribution in [0.1, 0.15) is 54.9 Å². The fraction of sp³-hybridized carbons (Fsp3) is 0.579. The number of nitrogens with zero attached hydrogens (tertiary/aromatic N) is 5. The van der Waals surface area contributed by atoms with Crippen molar-refractivity contribution in [3.63, 3.8) is 0 Å². The molecule has 51 heavy (non-hydrogen) atoms. The summed E-state index contributed by atoms with van der Waals surface area (Å²) >= 11 is 0. The van der Waals surface area contributed by atoms with Gasteiger partial charge in [-0.05, 0) is 73.8 Å². The Bertz CT molecular complexity index is 1580. The number of ether oxygens (including phenoxy) is 1. The Morgan fingerprint density at radius 3 is 2.27 bits per heavy atom. The number of rotatable bonds is 9. The third-order valence-electron chi connectivity index (χ3n) is 11.1. The summed E-state index contributed by atoms with van der Waals surface area (Å²) < 4.78 is 6.08. The predicted molar refractivity (Wildman–Crippen MR) is 192 cm³/mol. The van der Waals surface area contributed by atoms with E-state index in [1.807, 2.05) is 60.0 Å². The molecule has 13 nitrogen and oxygen atoms in total. The number of amides is 4. The summed E-state index contributed by atoms with van der Waals surface area (Å²) in [6, 6.07) is 11.8. The van der Waals surface area contributed by atoms with E-state index in [9.17, 15) is 24.3 Å². The Labute approximate surface area is 300 Å². The molecule has 0 bridgehead atoms. The van der Waals surface area contributed by atoms with Gasteiger partial charge in [-0.25, -0.2) is 9.59 Å². The highest BCUT2D eigenvalue weighted by atomic mass is 16.6. The third kappa shape index (κ3) is 8.75. The lowest BCUT2D eigenvalue weighted by molar-refractivity contribution is -0.143. The number of carboxylic acid groups (broad SMARTS) is 1. The summed E-state index contributed by atoms with van der Waals surface area (Å²) in [6.07, 6.45) is 3.07. The van der Waals surface area contributed by atoms with Crippen molar-refractivity contribution in [3.8, 4) is 5.75 Å². The number of carboxylic acids is 1. The summed E-state index contributed by atoms with van der Waals surface area (Å²) in [5.74, 6) is -0.781. The second kappa shape index (κ2) is 16.3. The number of phenols is 1. The topological polar surface area (TPSA) is 146 Å². The number of phenolic OH excluding ortho intramolecular Hbond substituents is 1. The number of para-hydroxylation sites is 1. The summed E-state index contributed by atoms with van der Waals surface area (Å²) in [5.41, 5.74) is 4.28. The minimum absolute atomic E-state index is 0.00562. The van der Waals surface area contributed by atoms with Crippen molar-refractivity contribution in [1.29, 1.82) is 0 Å². The second-order valence-corrected chi connectivity index (χ2v) is 14.4. The number of hydrogen-bond donors (Lipinski definition) is 3. The van der Waals surface area contributed by atoms with Gasteiger partial charge in [-0.15, -0.1) is 0 Å². The van der Waals surface area contributed by atoms with Crippen molar-refractivity contribution in [2.75, 3.05) is 70.8 Å². The van der Waals surface area contributed by atoms with Gasteiger partial charge in [0.2, 0.25) is 0 Å². The van der Waals surface area contributed by atoms with E-state index in [0.29, 0.717) is 76.7 Å². The molecule has 276 valence electrons. The van der Waals surface area contributed by atoms with Crippen molar-refractivity contribution in [2.45, 2.75) is 77.0 Å². The molecule has 0 spiro atoms. The van der Waals surface area contributed by atoms with E-state index < -0.39 is 18.2 Å². The highest BCUT2D eigenvalue weighted by molar-refractivity contribution is 5.91. The van der Waals surface area contributed by atoms with E-state index in [1.165, 1.54) is 0 Å². The van der Waals surface area contributed by atoms with Crippen molar-refractivity contribution < 1.29 is 34.1 Å². The number of fused-ring (bicyclic) bond motifs is 1. The number of anilines is 1. The summed E-state index contributed by atoms with van der Waals surface area (Å²) in [6.45, 7) is 9.26. The van der Waals surface area contributed by atoms with Gasteiger partial charge in [0.05, 0.1) is 6.54 Å². The molecular formula is C38H52N6O7. The Morgan fingerprint density at radius 1 is 0.902 bits per heavy atom. The zero-order valence-electron chi connectivity index (χ0n) is 29.9. The number of aryl methyl sites for hydroxylation is 2. The van der Waals surface area contributed by atoms with E-state index >= 15 is 0 Å². The number of piperidine rings is 2. The molecule has 0 aromatic heterocycles. The number of aliphatic carboxylic acids is 1. The van der Waals surface area contributed by atoms with Gasteiger partial charge in [0.1, 0.15) is 5.75 Å². The van der Waals surface area contributed by atoms with Gasteiger partial charge in [0, 0.05) is 83.1 Å². The van der Waals surface area contributed by atoms with Crippen LogP contribution in [0, 0.1) is 6.92 Å². The van der Waals surface area contributed by atoms with E-state index in [1.54, 1.807) is 9.80 Å². The molecule has 4 aliphatic rings. The molecule has 1 atom stereocenters. The SMILES string of the molecule is CCc1cc(C[C@@H](OC(=O)N2CCC(N3CCc4ccccc4NC3=O)CC2)C(=O)N2CCN(C3CCN(CC(=O)O)CC3)CC2)cc(C)c1O. The number of carbonyl (C=O) groups is 4. The molecule has 0 saturated carbocycles. The molecule has 2 aromatic rings. The number of likely N-dealkylation sites (tertiary alicyclic amines) is 2. The first kappa shape index (κ1) is 36.4. The number of hydrogen-bond acceptors (Lipinski definition) is 8. The Kier molecular flexibility index (Phi) is 11.7. The van der Waals surface area contributed by atoms with Crippen molar-refractivity contribution >= 4 is 29.7 Å². The number of aromatic hydroxyl groups is 1. The monoisotopic (exact) mass is 704 g/mol. The van der Waals surface area contributed by atoms with Crippen molar-refractivity contribution in [3.05, 3.63) is 58.7 Å². The van der Waals surface area contributed by atoms with Gasteiger partial charge in [0.15, 0.2) is 6.10 Å². The van der Waals surface area contributed by atoms with Crippen LogP contribution in [0.25, 0.3) is 0 Å². The Balaban J connectivity index is 1.07. The number of nitrogens with one attached hydrogen (secondary N) is 1. The van der Waals surface area contributed by atoms with Crippen molar-refractivity contribution in [2.24, 2.45) is 0 Å². The van der Waals surface area contributed by atoms with Crippen LogP contribution in [0.4, 0.5) is 15.3 Å². The quantitative estimate of drug-likeness (QED) is 0.357. The molecule has 0 radical (unpaired) electrons. The molecule has 2 aromatic carbocycles. The zero-order valence-corrected chi connectivity index (χ0v) is 29.9. The van der Waals surface area contributed by atoms with Gasteiger partial charge >= 0.3 is 18.1 Å². The number of urea groups is 1. The van der Waals surface area contributed by atoms with Crippen LogP contribution in [0.5, 0.6) is 5.75 Å². The molecule has 4 amide bonds. The first-order chi connectivity index (χ1) is 24.6. The van der Waals surface area contributed by atoms with Crippen molar-refractivity contribution in [1.82, 2.24) is 24.5 Å². The van der Waals surface area contributed by atoms with Gasteiger partial charge in [-0.2, -0.15) is 0 Å². The van der Waals surface area contributed by atoms with Crippen LogP contribution >= 0.6 is 0 Å². The highest BCUT2D eigenvalue weighted by Crippen LogP contribution is 2.28. The van der Waals surface area contributed by atoms with Crippen LogP contribution in [0.2, 0.25) is 0 Å². The lowest BCUT2D eigenvalue weighted by Gasteiger charge is -2.43. The van der Waals surface area contributed by atoms with E-state index in [-0.39, 0.29) is 36.7 Å². The summed E-state index contributed by atoms with van der Waals surface area (Å²) in [5, 5.41) is 22.7. The smallest absolute Gasteiger partial charge is 0.410 e. The molecule has 0 unspecified atom stereocenters. The summed E-state index contributed by atoms with van der Waals surface area (Å²) in [4.78, 5) is 61.7. The fourth-order valence-electron chi connectivity index (χ4n) is 8.15. The molecule has 13 heteroatoms. The van der Waals surface area contributed by atoms with Crippen LogP contribution in [-0.2, 0) is 33.6 Å². The second-order valence-electron chi connectivity index (χ2n) is 14.4. The van der Waals surface area contributed by atoms with Gasteiger partial charge in [-0.1, -0.05) is 37.3 Å². The average Bonchev–Trinajstić information content (AvgIpc) is 3.30. The maximum Gasteiger partial charge on any atom is 0.410 e. The predicted octanol–water partition coefficient (Wildman–Crippen LogP) is 3.56. The normalized spacial score (nSPS) is 20.4. The minimum Gasteiger partial charge on any atom is -0.507 e. The third-order valence-corrected chi connectivity index (χ3v) is 11.1.